The average Bonchev–Trinajstić information content (AvgIpc) is 2.91. The van der Waals surface area contributed by atoms with Crippen molar-refractivity contribution in [3.8, 4) is 11.3 Å². The van der Waals surface area contributed by atoms with Crippen LogP contribution in [0.1, 0.15) is 11.1 Å². The van der Waals surface area contributed by atoms with Gasteiger partial charge in [0, 0.05) is 22.3 Å². The van der Waals surface area contributed by atoms with E-state index in [4.69, 9.17) is 5.73 Å². The van der Waals surface area contributed by atoms with Crippen LogP contribution in [0.3, 0.4) is 0 Å². The summed E-state index contributed by atoms with van der Waals surface area (Å²) in [4.78, 5) is 0. The maximum Gasteiger partial charge on any atom is 0.286 e. The lowest BCUT2D eigenvalue weighted by molar-refractivity contribution is -0.510. The summed E-state index contributed by atoms with van der Waals surface area (Å²) in [6, 6.07) is 12.6. The van der Waals surface area contributed by atoms with Crippen LogP contribution in [0.5, 0.6) is 0 Å². The second-order valence-corrected chi connectivity index (χ2v) is 6.42. The summed E-state index contributed by atoms with van der Waals surface area (Å²) in [6.07, 6.45) is 8.01. The van der Waals surface area contributed by atoms with E-state index in [-0.39, 0.29) is 0 Å². The van der Waals surface area contributed by atoms with E-state index in [1.165, 1.54) is 28.6 Å². The molecule has 0 saturated heterocycles. The highest BCUT2D eigenvalue weighted by Crippen LogP contribution is 2.19. The number of benzene rings is 1. The molecular formula is C18H21N5S+2. The summed E-state index contributed by atoms with van der Waals surface area (Å²) >= 11 is 1.40. The number of aryl methyl sites for hydroxylation is 2. The number of hydrogen-bond acceptors (Lipinski definition) is 2. The zero-order valence-corrected chi connectivity index (χ0v) is 14.8. The molecule has 0 unspecified atom stereocenters. The Balaban J connectivity index is 1.90. The van der Waals surface area contributed by atoms with E-state index in [1.807, 2.05) is 12.5 Å². The lowest BCUT2D eigenvalue weighted by atomic mass is 10.1. The third kappa shape index (κ3) is 3.33. The number of thioether (sulfide) groups is 1. The summed E-state index contributed by atoms with van der Waals surface area (Å²) in [5.41, 5.74) is 11.4. The maximum atomic E-state index is 5.63. The van der Waals surface area contributed by atoms with Gasteiger partial charge in [-0.2, -0.15) is 0 Å². The minimum absolute atomic E-state index is 0.505. The molecule has 0 aliphatic rings. The number of amidine groups is 1. The molecule has 24 heavy (non-hydrogen) atoms. The molecule has 0 fully saturated rings. The molecule has 0 aliphatic carbocycles. The van der Waals surface area contributed by atoms with Gasteiger partial charge in [0.15, 0.2) is 5.69 Å². The molecule has 6 heteroatoms. The van der Waals surface area contributed by atoms with Gasteiger partial charge in [0.25, 0.3) is 5.65 Å². The number of nitrogens with zero attached hydrogens (tertiary/aromatic N) is 3. The SMILES string of the molecule is CSC(N)=N/[NH+]=C\c1ccc(-c2c[n+]3cc(C)ccc3n2C)cc1. The Morgan fingerprint density at radius 2 is 1.96 bits per heavy atom. The van der Waals surface area contributed by atoms with E-state index in [1.54, 1.807) is 0 Å². The second-order valence-electron chi connectivity index (χ2n) is 5.59. The summed E-state index contributed by atoms with van der Waals surface area (Å²) in [5, 5.41) is 7.38. The first-order valence-corrected chi connectivity index (χ1v) is 8.84. The molecule has 0 aliphatic heterocycles. The fourth-order valence-corrected chi connectivity index (χ4v) is 2.73. The second kappa shape index (κ2) is 6.88. The van der Waals surface area contributed by atoms with Crippen LogP contribution in [-0.2, 0) is 7.05 Å². The lowest BCUT2D eigenvalue weighted by Gasteiger charge is -1.97. The van der Waals surface area contributed by atoms with Crippen LogP contribution < -0.4 is 15.2 Å². The van der Waals surface area contributed by atoms with E-state index >= 15 is 0 Å². The first-order valence-electron chi connectivity index (χ1n) is 7.62. The van der Waals surface area contributed by atoms with Crippen molar-refractivity contribution in [2.45, 2.75) is 6.92 Å². The van der Waals surface area contributed by atoms with Crippen molar-refractivity contribution in [2.75, 3.05) is 6.26 Å². The summed E-state index contributed by atoms with van der Waals surface area (Å²) in [6.45, 7) is 2.10. The van der Waals surface area contributed by atoms with Gasteiger partial charge < -0.3 is 5.73 Å². The van der Waals surface area contributed by atoms with Crippen LogP contribution in [0.4, 0.5) is 0 Å². The van der Waals surface area contributed by atoms with Crippen molar-refractivity contribution in [2.24, 2.45) is 17.9 Å². The van der Waals surface area contributed by atoms with Crippen LogP contribution >= 0.6 is 11.8 Å². The highest BCUT2D eigenvalue weighted by Gasteiger charge is 2.15. The van der Waals surface area contributed by atoms with Crippen molar-refractivity contribution >= 4 is 28.8 Å². The molecule has 0 spiro atoms. The van der Waals surface area contributed by atoms with E-state index in [0.717, 1.165) is 11.2 Å². The molecule has 0 amide bonds. The Morgan fingerprint density at radius 1 is 1.21 bits per heavy atom. The molecule has 2 aromatic heterocycles. The standard InChI is InChI=1S/C18H20N5S/c1-13-4-9-17-22(2)16(12-23(17)11-13)15-7-5-14(6-8-15)10-20-21-18(19)24-3/h4-12H,1-3H3,(H2,19,21)/q+1/p+1/b20-10-. The molecule has 0 bridgehead atoms. The Labute approximate surface area is 145 Å². The van der Waals surface area contributed by atoms with Crippen molar-refractivity contribution < 1.29 is 9.50 Å². The molecule has 0 atom stereocenters. The van der Waals surface area contributed by atoms with Crippen molar-refractivity contribution in [1.82, 2.24) is 4.57 Å². The number of imidazole rings is 1. The number of pyridine rings is 1. The number of rotatable bonds is 3. The van der Waals surface area contributed by atoms with Gasteiger partial charge in [-0.05, 0) is 49.1 Å². The largest absolute Gasteiger partial charge is 0.373 e. The van der Waals surface area contributed by atoms with E-state index < -0.39 is 0 Å². The first-order chi connectivity index (χ1) is 11.6. The van der Waals surface area contributed by atoms with Crippen molar-refractivity contribution in [3.05, 3.63) is 59.9 Å². The van der Waals surface area contributed by atoms with Crippen LogP contribution in [0, 0.1) is 6.92 Å². The van der Waals surface area contributed by atoms with Gasteiger partial charge in [0.05, 0.1) is 13.2 Å². The molecule has 5 nitrogen and oxygen atoms in total. The van der Waals surface area contributed by atoms with Gasteiger partial charge in [0.2, 0.25) is 11.4 Å². The van der Waals surface area contributed by atoms with Gasteiger partial charge >= 0.3 is 0 Å². The van der Waals surface area contributed by atoms with Gasteiger partial charge in [-0.1, -0.05) is 11.8 Å². The average molecular weight is 339 g/mol. The quantitative estimate of drug-likeness (QED) is 0.321. The molecular weight excluding hydrogens is 318 g/mol. The number of hydrogen-bond donors (Lipinski definition) is 2. The highest BCUT2D eigenvalue weighted by atomic mass is 32.2. The third-order valence-corrected chi connectivity index (χ3v) is 4.40. The summed E-state index contributed by atoms with van der Waals surface area (Å²) in [5.74, 6) is 0. The number of fused-ring (bicyclic) bond motifs is 1. The van der Waals surface area contributed by atoms with Crippen LogP contribution in [0.15, 0.2) is 53.9 Å². The van der Waals surface area contributed by atoms with Crippen molar-refractivity contribution in [3.63, 3.8) is 0 Å². The van der Waals surface area contributed by atoms with Gasteiger partial charge in [-0.25, -0.2) is 8.97 Å². The molecule has 3 N–H and O–H groups in total. The molecule has 122 valence electrons. The smallest absolute Gasteiger partial charge is 0.286 e. The third-order valence-electron chi connectivity index (χ3n) is 3.89. The Bertz CT molecular complexity index is 922. The lowest BCUT2D eigenvalue weighted by Crippen LogP contribution is -2.62. The number of nitrogens with one attached hydrogen (secondary N) is 1. The fourth-order valence-electron chi connectivity index (χ4n) is 2.59. The van der Waals surface area contributed by atoms with E-state index in [2.05, 4.69) is 81.9 Å². The maximum absolute atomic E-state index is 5.63. The number of nitrogens with two attached hydrogens (primary N) is 1. The fraction of sp³-hybridized carbons (Fsp3) is 0.167. The molecule has 0 saturated carbocycles. The van der Waals surface area contributed by atoms with Gasteiger partial charge in [-0.15, -0.1) is 5.10 Å². The number of aromatic nitrogens is 2. The minimum atomic E-state index is 0.505. The summed E-state index contributed by atoms with van der Waals surface area (Å²) < 4.78 is 4.35. The zero-order valence-electron chi connectivity index (χ0n) is 14.0. The predicted molar refractivity (Wildman–Crippen MR) is 100 cm³/mol. The summed E-state index contributed by atoms with van der Waals surface area (Å²) in [7, 11) is 2.08. The highest BCUT2D eigenvalue weighted by molar-refractivity contribution is 8.13. The monoisotopic (exact) mass is 339 g/mol. The zero-order chi connectivity index (χ0) is 17.1. The van der Waals surface area contributed by atoms with E-state index in [0.29, 0.717) is 5.17 Å². The molecule has 3 aromatic rings. The van der Waals surface area contributed by atoms with Gasteiger partial charge in [0.1, 0.15) is 6.20 Å². The molecule has 1 aromatic carbocycles. The van der Waals surface area contributed by atoms with Crippen LogP contribution in [-0.4, -0.2) is 22.2 Å². The molecule has 2 heterocycles. The molecule has 0 radical (unpaired) electrons. The normalized spacial score (nSPS) is 12.4. The van der Waals surface area contributed by atoms with Gasteiger partial charge in [-0.3, -0.25) is 0 Å². The first kappa shape index (κ1) is 16.3. The topological polar surface area (TPSA) is 61.4 Å². The van der Waals surface area contributed by atoms with Crippen LogP contribution in [0.2, 0.25) is 0 Å². The van der Waals surface area contributed by atoms with Crippen LogP contribution in [0.25, 0.3) is 16.9 Å². The Morgan fingerprint density at radius 3 is 2.67 bits per heavy atom. The Kier molecular flexibility index (Phi) is 4.66. The molecule has 3 rings (SSSR count). The Hall–Kier alpha value is -2.60. The van der Waals surface area contributed by atoms with E-state index in [9.17, 15) is 0 Å². The predicted octanol–water partition coefficient (Wildman–Crippen LogP) is 0.831. The minimum Gasteiger partial charge on any atom is -0.373 e. The number of hydrazone groups is 1. The van der Waals surface area contributed by atoms with Crippen molar-refractivity contribution in [1.29, 1.82) is 0 Å².